The van der Waals surface area contributed by atoms with E-state index in [1.807, 2.05) is 30.3 Å². The molecule has 2 aliphatic rings. The molecule has 4 nitrogen and oxygen atoms in total. The Kier molecular flexibility index (Phi) is 4.23. The number of piperidine rings is 1. The molecule has 21 heavy (non-hydrogen) atoms. The SMILES string of the molecule is O=C1CC(C(=O)NCc2ccccc2)C2CCCCC2N1. The van der Waals surface area contributed by atoms with Gasteiger partial charge in [0.1, 0.15) is 0 Å². The van der Waals surface area contributed by atoms with Gasteiger partial charge in [0.25, 0.3) is 0 Å². The van der Waals surface area contributed by atoms with E-state index in [9.17, 15) is 9.59 Å². The van der Waals surface area contributed by atoms with Gasteiger partial charge in [0.05, 0.1) is 5.92 Å². The molecule has 2 amide bonds. The highest BCUT2D eigenvalue weighted by Gasteiger charge is 2.41. The van der Waals surface area contributed by atoms with Crippen molar-refractivity contribution in [1.29, 1.82) is 0 Å². The average Bonchev–Trinajstić information content (AvgIpc) is 2.52. The molecule has 2 N–H and O–H groups in total. The first-order chi connectivity index (χ1) is 10.2. The van der Waals surface area contributed by atoms with Gasteiger partial charge in [0, 0.05) is 19.0 Å². The molecule has 0 radical (unpaired) electrons. The predicted molar refractivity (Wildman–Crippen MR) is 80.3 cm³/mol. The number of carbonyl (C=O) groups excluding carboxylic acids is 2. The molecule has 1 aromatic rings. The van der Waals surface area contributed by atoms with Crippen LogP contribution in [-0.2, 0) is 16.1 Å². The maximum atomic E-state index is 12.5. The molecular formula is C17H22N2O2. The summed E-state index contributed by atoms with van der Waals surface area (Å²) in [4.78, 5) is 24.3. The molecule has 1 saturated carbocycles. The largest absolute Gasteiger partial charge is 0.353 e. The maximum Gasteiger partial charge on any atom is 0.224 e. The van der Waals surface area contributed by atoms with E-state index in [0.717, 1.165) is 24.8 Å². The second-order valence-electron chi connectivity index (χ2n) is 6.14. The van der Waals surface area contributed by atoms with Crippen LogP contribution in [0.4, 0.5) is 0 Å². The minimum Gasteiger partial charge on any atom is -0.353 e. The molecule has 112 valence electrons. The normalized spacial score (nSPS) is 28.4. The zero-order valence-corrected chi connectivity index (χ0v) is 12.2. The minimum atomic E-state index is -0.159. The van der Waals surface area contributed by atoms with Crippen LogP contribution in [0.2, 0.25) is 0 Å². The Bertz CT molecular complexity index is 515. The molecule has 0 bridgehead atoms. The van der Waals surface area contributed by atoms with Crippen molar-refractivity contribution in [3.63, 3.8) is 0 Å². The Morgan fingerprint density at radius 2 is 1.95 bits per heavy atom. The van der Waals surface area contributed by atoms with Crippen molar-refractivity contribution in [3.05, 3.63) is 35.9 Å². The Labute approximate surface area is 125 Å². The third-order valence-corrected chi connectivity index (χ3v) is 4.73. The molecular weight excluding hydrogens is 264 g/mol. The highest BCUT2D eigenvalue weighted by Crippen LogP contribution is 2.35. The van der Waals surface area contributed by atoms with Crippen LogP contribution >= 0.6 is 0 Å². The lowest BCUT2D eigenvalue weighted by molar-refractivity contribution is -0.137. The summed E-state index contributed by atoms with van der Waals surface area (Å²) >= 11 is 0. The molecule has 1 aliphatic carbocycles. The standard InChI is InChI=1S/C17H22N2O2/c20-16-10-14(13-8-4-5-9-15(13)19-16)17(21)18-11-12-6-2-1-3-7-12/h1-3,6-7,13-15H,4-5,8-11H2,(H,18,21)(H,19,20). The number of carbonyl (C=O) groups is 2. The van der Waals surface area contributed by atoms with Crippen LogP contribution in [-0.4, -0.2) is 17.9 Å². The summed E-state index contributed by atoms with van der Waals surface area (Å²) in [7, 11) is 0. The number of nitrogens with one attached hydrogen (secondary N) is 2. The molecule has 0 aromatic heterocycles. The fraction of sp³-hybridized carbons (Fsp3) is 0.529. The first-order valence-corrected chi connectivity index (χ1v) is 7.85. The van der Waals surface area contributed by atoms with Gasteiger partial charge < -0.3 is 10.6 Å². The van der Waals surface area contributed by atoms with Crippen molar-refractivity contribution in [2.75, 3.05) is 0 Å². The van der Waals surface area contributed by atoms with Gasteiger partial charge in [-0.3, -0.25) is 9.59 Å². The zero-order chi connectivity index (χ0) is 14.7. The first-order valence-electron chi connectivity index (χ1n) is 7.85. The molecule has 0 spiro atoms. The molecule has 1 saturated heterocycles. The summed E-state index contributed by atoms with van der Waals surface area (Å²) in [5.74, 6) is 0.212. The zero-order valence-electron chi connectivity index (χ0n) is 12.2. The van der Waals surface area contributed by atoms with Crippen LogP contribution in [0.1, 0.15) is 37.7 Å². The molecule has 1 aromatic carbocycles. The summed E-state index contributed by atoms with van der Waals surface area (Å²) in [6.45, 7) is 0.537. The fourth-order valence-electron chi connectivity index (χ4n) is 3.64. The smallest absolute Gasteiger partial charge is 0.224 e. The van der Waals surface area contributed by atoms with Gasteiger partial charge in [0.2, 0.25) is 11.8 Å². The summed E-state index contributed by atoms with van der Waals surface area (Å²) < 4.78 is 0. The first kappa shape index (κ1) is 14.1. The van der Waals surface area contributed by atoms with Crippen LogP contribution in [0, 0.1) is 11.8 Å². The third-order valence-electron chi connectivity index (χ3n) is 4.73. The molecule has 2 fully saturated rings. The Morgan fingerprint density at radius 1 is 1.19 bits per heavy atom. The number of amides is 2. The molecule has 1 heterocycles. The van der Waals surface area contributed by atoms with Gasteiger partial charge in [-0.05, 0) is 24.3 Å². The van der Waals surface area contributed by atoms with Crippen LogP contribution in [0.3, 0.4) is 0 Å². The van der Waals surface area contributed by atoms with E-state index < -0.39 is 0 Å². The van der Waals surface area contributed by atoms with Gasteiger partial charge in [-0.25, -0.2) is 0 Å². The number of hydrogen-bond donors (Lipinski definition) is 2. The Balaban J connectivity index is 1.63. The van der Waals surface area contributed by atoms with Crippen molar-refractivity contribution in [2.45, 2.75) is 44.7 Å². The number of rotatable bonds is 3. The number of benzene rings is 1. The van der Waals surface area contributed by atoms with Crippen LogP contribution in [0.5, 0.6) is 0 Å². The topological polar surface area (TPSA) is 58.2 Å². The van der Waals surface area contributed by atoms with Gasteiger partial charge in [0.15, 0.2) is 0 Å². The van der Waals surface area contributed by atoms with E-state index in [2.05, 4.69) is 10.6 Å². The summed E-state index contributed by atoms with van der Waals surface area (Å²) in [5.41, 5.74) is 1.09. The lowest BCUT2D eigenvalue weighted by atomic mass is 9.72. The van der Waals surface area contributed by atoms with Gasteiger partial charge >= 0.3 is 0 Å². The lowest BCUT2D eigenvalue weighted by Gasteiger charge is -2.40. The monoisotopic (exact) mass is 286 g/mol. The van der Waals surface area contributed by atoms with Gasteiger partial charge in [-0.2, -0.15) is 0 Å². The van der Waals surface area contributed by atoms with Crippen molar-refractivity contribution in [2.24, 2.45) is 11.8 Å². The van der Waals surface area contributed by atoms with E-state index in [-0.39, 0.29) is 23.8 Å². The maximum absolute atomic E-state index is 12.5. The molecule has 1 aliphatic heterocycles. The van der Waals surface area contributed by atoms with Crippen molar-refractivity contribution >= 4 is 11.8 Å². The van der Waals surface area contributed by atoms with E-state index in [1.54, 1.807) is 0 Å². The summed E-state index contributed by atoms with van der Waals surface area (Å²) in [6, 6.07) is 10.1. The second-order valence-corrected chi connectivity index (χ2v) is 6.14. The van der Waals surface area contributed by atoms with Crippen LogP contribution < -0.4 is 10.6 Å². The van der Waals surface area contributed by atoms with E-state index in [0.29, 0.717) is 18.9 Å². The number of fused-ring (bicyclic) bond motifs is 1. The number of hydrogen-bond acceptors (Lipinski definition) is 2. The highest BCUT2D eigenvalue weighted by atomic mass is 16.2. The predicted octanol–water partition coefficient (Wildman–Crippen LogP) is 2.00. The summed E-state index contributed by atoms with van der Waals surface area (Å²) in [6.07, 6.45) is 4.72. The van der Waals surface area contributed by atoms with Crippen molar-refractivity contribution in [3.8, 4) is 0 Å². The minimum absolute atomic E-state index is 0.0259. The van der Waals surface area contributed by atoms with Gasteiger partial charge in [-0.1, -0.05) is 43.2 Å². The van der Waals surface area contributed by atoms with E-state index in [1.165, 1.54) is 6.42 Å². The van der Waals surface area contributed by atoms with Gasteiger partial charge in [-0.15, -0.1) is 0 Å². The second kappa shape index (κ2) is 6.29. The Morgan fingerprint density at radius 3 is 2.76 bits per heavy atom. The molecule has 3 rings (SSSR count). The van der Waals surface area contributed by atoms with Crippen molar-refractivity contribution < 1.29 is 9.59 Å². The average molecular weight is 286 g/mol. The highest BCUT2D eigenvalue weighted by molar-refractivity contribution is 5.87. The van der Waals surface area contributed by atoms with Crippen molar-refractivity contribution in [1.82, 2.24) is 10.6 Å². The van der Waals surface area contributed by atoms with E-state index in [4.69, 9.17) is 0 Å². The third kappa shape index (κ3) is 3.26. The molecule has 3 unspecified atom stereocenters. The summed E-state index contributed by atoms with van der Waals surface area (Å²) in [5, 5.41) is 6.06. The van der Waals surface area contributed by atoms with Crippen LogP contribution in [0.15, 0.2) is 30.3 Å². The fourth-order valence-corrected chi connectivity index (χ4v) is 3.64. The Hall–Kier alpha value is -1.84. The van der Waals surface area contributed by atoms with Crippen LogP contribution in [0.25, 0.3) is 0 Å². The lowest BCUT2D eigenvalue weighted by Crippen LogP contribution is -2.54. The molecule has 3 atom stereocenters. The quantitative estimate of drug-likeness (QED) is 0.893. The van der Waals surface area contributed by atoms with E-state index >= 15 is 0 Å². The molecule has 4 heteroatoms.